The summed E-state index contributed by atoms with van der Waals surface area (Å²) in [4.78, 5) is 81.9. The molecule has 7 rings (SSSR count). The Hall–Kier alpha value is -6.87. The highest BCUT2D eigenvalue weighted by Crippen LogP contribution is 2.42. The molecule has 14 nitrogen and oxygen atoms in total. The topological polar surface area (TPSA) is 156 Å². The van der Waals surface area contributed by atoms with Crippen LogP contribution in [0.15, 0.2) is 66.7 Å². The summed E-state index contributed by atoms with van der Waals surface area (Å²) in [5.41, 5.74) is 6.45. The number of aryl methyl sites for hydroxylation is 4. The molecule has 4 amide bonds. The fourth-order valence-corrected chi connectivity index (χ4v) is 9.19. The summed E-state index contributed by atoms with van der Waals surface area (Å²) < 4.78 is 23.9. The number of piperazine rings is 1. The second kappa shape index (κ2) is 19.9. The van der Waals surface area contributed by atoms with E-state index in [-0.39, 0.29) is 62.2 Å². The van der Waals surface area contributed by atoms with E-state index in [1.54, 1.807) is 45.7 Å². The third kappa shape index (κ3) is 9.23. The van der Waals surface area contributed by atoms with Crippen LogP contribution in [0.3, 0.4) is 0 Å². The van der Waals surface area contributed by atoms with Crippen molar-refractivity contribution in [2.45, 2.75) is 59.0 Å². The maximum absolute atomic E-state index is 14.0. The summed E-state index contributed by atoms with van der Waals surface area (Å²) in [6.45, 7) is 7.01. The highest BCUT2D eigenvalue weighted by Gasteiger charge is 2.32. The number of amides is 4. The standard InChI is InChI=1S/C49H51ClFN7O7/c1-30-9-6-12-40(45(30)49(64)58(29-61)35(27-59)15-19-43(62)52-4)56-21-20-55(44(63)26-56)22-23-57-41(28-60)37(11-8-24-65-42-13-7-10-33-25-34(51)14-16-36(33)42)38-17-18-39(50)47(48(38)57)46-31(2)53-54(5)32(46)3/h6-7,9-10,12-14,16-18,25,27-29,35H,8,11,15,19-24,26H2,1-5H3,(H,52,62). The average molecular weight is 904 g/mol. The minimum absolute atomic E-state index is 0.0461. The van der Waals surface area contributed by atoms with E-state index in [0.717, 1.165) is 60.9 Å². The molecule has 1 aliphatic rings. The number of rotatable bonds is 18. The molecule has 0 saturated carbocycles. The third-order valence-electron chi connectivity index (χ3n) is 12.3. The summed E-state index contributed by atoms with van der Waals surface area (Å²) in [6, 6.07) is 17.9. The molecule has 3 heterocycles. The summed E-state index contributed by atoms with van der Waals surface area (Å²) in [6.07, 6.45) is 2.56. The molecule has 0 bridgehead atoms. The number of ether oxygens (including phenoxy) is 1. The number of nitrogens with zero attached hydrogens (tertiary/aromatic N) is 6. The van der Waals surface area contributed by atoms with E-state index in [1.165, 1.54) is 19.2 Å². The fraction of sp³-hybridized carbons (Fsp3) is 0.327. The largest absolute Gasteiger partial charge is 0.493 e. The van der Waals surface area contributed by atoms with Crippen LogP contribution in [0.25, 0.3) is 32.8 Å². The van der Waals surface area contributed by atoms with Crippen molar-refractivity contribution < 1.29 is 37.9 Å². The molecule has 1 aliphatic heterocycles. The molecule has 2 aromatic heterocycles. The van der Waals surface area contributed by atoms with Crippen LogP contribution in [0.1, 0.15) is 62.6 Å². The number of fused-ring (bicyclic) bond motifs is 2. The molecule has 4 aromatic carbocycles. The van der Waals surface area contributed by atoms with Crippen LogP contribution in [0, 0.1) is 26.6 Å². The van der Waals surface area contributed by atoms with Gasteiger partial charge < -0.3 is 29.2 Å². The number of hydrogen-bond acceptors (Lipinski definition) is 9. The van der Waals surface area contributed by atoms with Gasteiger partial charge in [0.2, 0.25) is 18.2 Å². The molecule has 1 saturated heterocycles. The Morgan fingerprint density at radius 1 is 0.985 bits per heavy atom. The van der Waals surface area contributed by atoms with Crippen LogP contribution >= 0.6 is 11.6 Å². The minimum atomic E-state index is -1.16. The van der Waals surface area contributed by atoms with E-state index in [9.17, 15) is 33.2 Å². The van der Waals surface area contributed by atoms with Gasteiger partial charge in [-0.05, 0) is 92.9 Å². The van der Waals surface area contributed by atoms with Crippen molar-refractivity contribution in [1.82, 2.24) is 29.5 Å². The minimum Gasteiger partial charge on any atom is -0.493 e. The molecule has 0 aliphatic carbocycles. The number of benzene rings is 4. The predicted molar refractivity (Wildman–Crippen MR) is 247 cm³/mol. The third-order valence-corrected chi connectivity index (χ3v) is 12.7. The molecule has 65 heavy (non-hydrogen) atoms. The molecule has 1 fully saturated rings. The van der Waals surface area contributed by atoms with E-state index in [4.69, 9.17) is 16.3 Å². The zero-order valence-corrected chi connectivity index (χ0v) is 37.8. The molecule has 1 N–H and O–H groups in total. The van der Waals surface area contributed by atoms with E-state index in [1.807, 2.05) is 55.8 Å². The molecule has 6 aromatic rings. The summed E-state index contributed by atoms with van der Waals surface area (Å²) in [5.74, 6) is -0.949. The van der Waals surface area contributed by atoms with Crippen molar-refractivity contribution in [3.8, 4) is 16.9 Å². The number of imide groups is 1. The summed E-state index contributed by atoms with van der Waals surface area (Å²) in [5, 5.41) is 10.0. The van der Waals surface area contributed by atoms with Crippen LogP contribution in [-0.4, -0.2) is 107 Å². The summed E-state index contributed by atoms with van der Waals surface area (Å²) >= 11 is 7.07. The van der Waals surface area contributed by atoms with Gasteiger partial charge in [-0.1, -0.05) is 41.9 Å². The van der Waals surface area contributed by atoms with Crippen molar-refractivity contribution in [3.05, 3.63) is 111 Å². The van der Waals surface area contributed by atoms with Gasteiger partial charge in [-0.3, -0.25) is 33.6 Å². The average Bonchev–Trinajstić information content (AvgIpc) is 3.74. The number of nitrogens with one attached hydrogen (secondary N) is 1. The smallest absolute Gasteiger partial charge is 0.263 e. The van der Waals surface area contributed by atoms with Gasteiger partial charge in [0.25, 0.3) is 5.91 Å². The zero-order chi connectivity index (χ0) is 46.5. The number of anilines is 1. The predicted octanol–water partition coefficient (Wildman–Crippen LogP) is 6.78. The van der Waals surface area contributed by atoms with Crippen LogP contribution in [0.5, 0.6) is 5.75 Å². The van der Waals surface area contributed by atoms with Gasteiger partial charge in [-0.2, -0.15) is 5.10 Å². The van der Waals surface area contributed by atoms with Gasteiger partial charge in [-0.15, -0.1) is 0 Å². The van der Waals surface area contributed by atoms with E-state index < -0.39 is 11.9 Å². The maximum Gasteiger partial charge on any atom is 0.263 e. The fourth-order valence-electron chi connectivity index (χ4n) is 8.94. The SMILES string of the molecule is CNC(=O)CCC(C=O)N(C=O)C(=O)c1c(C)cccc1N1CCN(CCn2c(C=O)c(CCCOc3cccc4cc(F)ccc34)c3ccc(Cl)c(-c4c(C)nn(C)c4C)c32)C(=O)C1. The number of carbonyl (C=O) groups excluding carboxylic acids is 6. The molecule has 1 atom stereocenters. The Balaban J connectivity index is 1.15. The van der Waals surface area contributed by atoms with Crippen LogP contribution in [0.4, 0.5) is 10.1 Å². The number of hydrogen-bond donors (Lipinski definition) is 1. The van der Waals surface area contributed by atoms with Crippen molar-refractivity contribution in [1.29, 1.82) is 0 Å². The van der Waals surface area contributed by atoms with Gasteiger partial charge >= 0.3 is 0 Å². The number of aldehydes is 2. The zero-order valence-electron chi connectivity index (χ0n) is 37.0. The van der Waals surface area contributed by atoms with Crippen LogP contribution in [-0.2, 0) is 39.2 Å². The second-order valence-corrected chi connectivity index (χ2v) is 16.6. The van der Waals surface area contributed by atoms with Crippen molar-refractivity contribution in [2.24, 2.45) is 7.05 Å². The van der Waals surface area contributed by atoms with Crippen molar-refractivity contribution in [2.75, 3.05) is 44.7 Å². The van der Waals surface area contributed by atoms with E-state index in [0.29, 0.717) is 66.4 Å². The quantitative estimate of drug-likeness (QED) is 0.0726. The first-order valence-electron chi connectivity index (χ1n) is 21.5. The van der Waals surface area contributed by atoms with Gasteiger partial charge in [0, 0.05) is 74.3 Å². The van der Waals surface area contributed by atoms with E-state index in [2.05, 4.69) is 10.4 Å². The molecule has 16 heteroatoms. The number of carbonyl (C=O) groups is 6. The Bertz CT molecular complexity index is 2840. The van der Waals surface area contributed by atoms with E-state index >= 15 is 0 Å². The number of halogens is 2. The molecular formula is C49H51ClFN7O7. The highest BCUT2D eigenvalue weighted by atomic mass is 35.5. The van der Waals surface area contributed by atoms with Crippen LogP contribution < -0.4 is 15.0 Å². The second-order valence-electron chi connectivity index (χ2n) is 16.2. The lowest BCUT2D eigenvalue weighted by atomic mass is 9.98. The number of aromatic nitrogens is 3. The van der Waals surface area contributed by atoms with Gasteiger partial charge in [0.15, 0.2) is 6.29 Å². The lowest BCUT2D eigenvalue weighted by Crippen LogP contribution is -2.52. The molecule has 1 unspecified atom stereocenters. The summed E-state index contributed by atoms with van der Waals surface area (Å²) in [7, 11) is 3.32. The lowest BCUT2D eigenvalue weighted by Gasteiger charge is -2.37. The lowest BCUT2D eigenvalue weighted by molar-refractivity contribution is -0.131. The Morgan fingerprint density at radius 2 is 1.75 bits per heavy atom. The maximum atomic E-state index is 14.0. The Kier molecular flexibility index (Phi) is 14.1. The van der Waals surface area contributed by atoms with Crippen LogP contribution in [0.2, 0.25) is 5.02 Å². The normalized spacial score (nSPS) is 13.3. The van der Waals surface area contributed by atoms with Crippen molar-refractivity contribution >= 4 is 75.7 Å². The monoisotopic (exact) mass is 903 g/mol. The molecule has 338 valence electrons. The van der Waals surface area contributed by atoms with Crippen molar-refractivity contribution in [3.63, 3.8) is 0 Å². The van der Waals surface area contributed by atoms with Gasteiger partial charge in [0.05, 0.1) is 52.4 Å². The molecular weight excluding hydrogens is 853 g/mol. The first kappa shape index (κ1) is 46.1. The first-order chi connectivity index (χ1) is 31.3. The highest BCUT2D eigenvalue weighted by molar-refractivity contribution is 6.35. The van der Waals surface area contributed by atoms with Gasteiger partial charge in [0.1, 0.15) is 17.9 Å². The Morgan fingerprint density at radius 3 is 2.45 bits per heavy atom. The molecule has 0 radical (unpaired) electrons. The van der Waals surface area contributed by atoms with Gasteiger partial charge in [-0.25, -0.2) is 4.39 Å². The Labute approximate surface area is 380 Å². The molecule has 0 spiro atoms. The first-order valence-corrected chi connectivity index (χ1v) is 21.9.